The molecule has 5 rings (SSSR count). The Morgan fingerprint density at radius 2 is 1.73 bits per heavy atom. The monoisotopic (exact) mass is 516 g/mol. The highest BCUT2D eigenvalue weighted by molar-refractivity contribution is 5.87. The highest BCUT2D eigenvalue weighted by Crippen LogP contribution is 2.29. The van der Waals surface area contributed by atoms with Gasteiger partial charge in [0.1, 0.15) is 5.75 Å². The van der Waals surface area contributed by atoms with Crippen LogP contribution >= 0.6 is 0 Å². The third kappa shape index (κ3) is 5.08. The van der Waals surface area contributed by atoms with Crippen molar-refractivity contribution in [3.63, 3.8) is 0 Å². The highest BCUT2D eigenvalue weighted by atomic mass is 19.4. The first-order valence-electron chi connectivity index (χ1n) is 10.8. The zero-order valence-electron chi connectivity index (χ0n) is 19.0. The molecule has 5 aromatic rings. The Morgan fingerprint density at radius 1 is 1.00 bits per heavy atom. The molecule has 2 aromatic carbocycles. The molecule has 0 saturated carbocycles. The second kappa shape index (κ2) is 9.19. The molecule has 0 aliphatic rings. The number of alkyl halides is 5. The van der Waals surface area contributed by atoms with Crippen LogP contribution in [0.1, 0.15) is 0 Å². The van der Waals surface area contributed by atoms with Crippen molar-refractivity contribution in [1.29, 1.82) is 0 Å². The summed E-state index contributed by atoms with van der Waals surface area (Å²) in [6, 6.07) is 11.9. The van der Waals surface area contributed by atoms with Gasteiger partial charge in [-0.1, -0.05) is 18.2 Å². The number of fused-ring (bicyclic) bond motifs is 2. The second-order valence-corrected chi connectivity index (χ2v) is 8.13. The maximum Gasteiger partial charge on any atom is 0.422 e. The van der Waals surface area contributed by atoms with E-state index in [4.69, 9.17) is 4.74 Å². The van der Waals surface area contributed by atoms with E-state index in [2.05, 4.69) is 14.8 Å². The molecule has 0 fully saturated rings. The van der Waals surface area contributed by atoms with E-state index < -0.39 is 24.8 Å². The lowest BCUT2D eigenvalue weighted by atomic mass is 9.99. The van der Waals surface area contributed by atoms with Crippen LogP contribution in [-0.4, -0.2) is 38.6 Å². The molecule has 37 heavy (non-hydrogen) atoms. The lowest BCUT2D eigenvalue weighted by molar-refractivity contribution is -0.154. The lowest BCUT2D eigenvalue weighted by Gasteiger charge is -2.14. The van der Waals surface area contributed by atoms with E-state index in [1.165, 1.54) is 47.1 Å². The Kier molecular flexibility index (Phi) is 6.02. The normalized spacial score (nSPS) is 12.0. The molecule has 190 valence electrons. The average Bonchev–Trinajstić information content (AvgIpc) is 3.21. The van der Waals surface area contributed by atoms with Gasteiger partial charge in [-0.2, -0.15) is 32.0 Å². The van der Waals surface area contributed by atoms with Crippen molar-refractivity contribution in [3.05, 3.63) is 77.3 Å². The number of halogens is 5. The molecule has 0 atom stereocenters. The molecule has 0 aliphatic carbocycles. The molecule has 0 radical (unpaired) electrons. The Hall–Kier alpha value is -4.48. The van der Waals surface area contributed by atoms with Crippen molar-refractivity contribution in [1.82, 2.24) is 19.2 Å². The van der Waals surface area contributed by atoms with Crippen LogP contribution < -0.4 is 14.9 Å². The minimum Gasteiger partial charge on any atom is -0.468 e. The number of nitrogens with zero attached hydrogens (tertiary/aromatic N) is 4. The van der Waals surface area contributed by atoms with Crippen LogP contribution in [0.25, 0.3) is 38.8 Å². The Morgan fingerprint density at radius 3 is 2.43 bits per heavy atom. The van der Waals surface area contributed by atoms with Gasteiger partial charge < -0.3 is 13.9 Å². The summed E-state index contributed by atoms with van der Waals surface area (Å²) < 4.78 is 75.4. The van der Waals surface area contributed by atoms with Crippen molar-refractivity contribution in [2.75, 3.05) is 6.61 Å². The fourth-order valence-electron chi connectivity index (χ4n) is 3.96. The van der Waals surface area contributed by atoms with Gasteiger partial charge in [0.15, 0.2) is 17.7 Å². The van der Waals surface area contributed by atoms with Gasteiger partial charge in [-0.25, -0.2) is 0 Å². The van der Waals surface area contributed by atoms with Crippen LogP contribution in [0.2, 0.25) is 0 Å². The number of hydrogen-bond donors (Lipinski definition) is 0. The van der Waals surface area contributed by atoms with Gasteiger partial charge in [-0.3, -0.25) is 9.48 Å². The zero-order valence-corrected chi connectivity index (χ0v) is 19.0. The topological polar surface area (TPSA) is 70.7 Å². The van der Waals surface area contributed by atoms with Gasteiger partial charge in [0.05, 0.1) is 11.1 Å². The average molecular weight is 516 g/mol. The molecule has 0 N–H and O–H groups in total. The number of benzene rings is 2. The van der Waals surface area contributed by atoms with Crippen LogP contribution in [-0.2, 0) is 7.05 Å². The summed E-state index contributed by atoms with van der Waals surface area (Å²) in [4.78, 5) is 17.9. The molecule has 12 heteroatoms. The first-order chi connectivity index (χ1) is 17.6. The molecule has 0 unspecified atom stereocenters. The molecule has 3 heterocycles. The number of rotatable bonds is 6. The van der Waals surface area contributed by atoms with E-state index in [1.54, 1.807) is 36.1 Å². The first-order valence-corrected chi connectivity index (χ1v) is 10.8. The van der Waals surface area contributed by atoms with Crippen molar-refractivity contribution < 1.29 is 31.4 Å². The number of aryl methyl sites for hydroxylation is 1. The van der Waals surface area contributed by atoms with E-state index in [0.29, 0.717) is 11.1 Å². The number of ether oxygens (including phenoxy) is 2. The Balaban J connectivity index is 1.69. The SMILES string of the molecule is Cn1cc2cc(-c3cn4ccc(OCC(F)(F)F)nc4c(-c4ccc(OC(F)F)cc4)c3=O)ccc2n1. The maximum atomic E-state index is 13.8. The predicted molar refractivity (Wildman–Crippen MR) is 125 cm³/mol. The van der Waals surface area contributed by atoms with Crippen LogP contribution in [0, 0.1) is 0 Å². The lowest BCUT2D eigenvalue weighted by Crippen LogP contribution is -2.20. The summed E-state index contributed by atoms with van der Waals surface area (Å²) in [6.45, 7) is -4.59. The summed E-state index contributed by atoms with van der Waals surface area (Å²) >= 11 is 0. The van der Waals surface area contributed by atoms with E-state index in [0.717, 1.165) is 10.9 Å². The van der Waals surface area contributed by atoms with Crippen molar-refractivity contribution in [2.24, 2.45) is 7.05 Å². The molecular formula is C25H17F5N4O3. The maximum absolute atomic E-state index is 13.8. The molecule has 0 amide bonds. The van der Waals surface area contributed by atoms with Crippen molar-refractivity contribution in [2.45, 2.75) is 12.8 Å². The summed E-state index contributed by atoms with van der Waals surface area (Å²) in [5.74, 6) is -0.455. The zero-order chi connectivity index (χ0) is 26.3. The molecule has 0 spiro atoms. The molecule has 0 aliphatic heterocycles. The van der Waals surface area contributed by atoms with E-state index in [-0.39, 0.29) is 28.4 Å². The summed E-state index contributed by atoms with van der Waals surface area (Å²) in [5, 5.41) is 5.12. The largest absolute Gasteiger partial charge is 0.468 e. The Labute approximate surface area is 205 Å². The van der Waals surface area contributed by atoms with Gasteiger partial charge in [0, 0.05) is 42.7 Å². The van der Waals surface area contributed by atoms with Crippen LogP contribution in [0.4, 0.5) is 22.0 Å². The van der Waals surface area contributed by atoms with Crippen LogP contribution in [0.15, 0.2) is 71.9 Å². The molecule has 7 nitrogen and oxygen atoms in total. The minimum atomic E-state index is -4.58. The Bertz CT molecular complexity index is 1660. The molecule has 3 aromatic heterocycles. The fourth-order valence-corrected chi connectivity index (χ4v) is 3.96. The van der Waals surface area contributed by atoms with Gasteiger partial charge in [-0.05, 0) is 35.4 Å². The van der Waals surface area contributed by atoms with Crippen molar-refractivity contribution in [3.8, 4) is 33.9 Å². The van der Waals surface area contributed by atoms with Crippen molar-refractivity contribution >= 4 is 16.6 Å². The third-order valence-corrected chi connectivity index (χ3v) is 5.48. The smallest absolute Gasteiger partial charge is 0.422 e. The second-order valence-electron chi connectivity index (χ2n) is 8.13. The van der Waals surface area contributed by atoms with Crippen LogP contribution in [0.3, 0.4) is 0 Å². The standard InChI is InChI=1S/C25H17F5N4O3/c1-33-11-16-10-15(4-7-19(16)32-33)18-12-34-9-8-20(36-13-25(28,29)30)31-23(34)21(22(18)35)14-2-5-17(6-3-14)37-24(26)27/h2-12,24H,13H2,1H3. The quantitative estimate of drug-likeness (QED) is 0.281. The van der Waals surface area contributed by atoms with E-state index in [9.17, 15) is 26.7 Å². The van der Waals surface area contributed by atoms with Gasteiger partial charge in [-0.15, -0.1) is 0 Å². The molecule has 0 bridgehead atoms. The number of aromatic nitrogens is 4. The third-order valence-electron chi connectivity index (χ3n) is 5.48. The predicted octanol–water partition coefficient (Wildman–Crippen LogP) is 5.46. The number of hydrogen-bond acceptors (Lipinski definition) is 5. The van der Waals surface area contributed by atoms with E-state index in [1.807, 2.05) is 0 Å². The van der Waals surface area contributed by atoms with E-state index >= 15 is 0 Å². The first kappa shape index (κ1) is 24.2. The van der Waals surface area contributed by atoms with Gasteiger partial charge in [0.25, 0.3) is 0 Å². The number of pyridine rings is 1. The minimum absolute atomic E-state index is 0.0263. The highest BCUT2D eigenvalue weighted by Gasteiger charge is 2.29. The summed E-state index contributed by atoms with van der Waals surface area (Å²) in [6.07, 6.45) is 0.169. The van der Waals surface area contributed by atoms with Gasteiger partial charge >= 0.3 is 12.8 Å². The summed E-state index contributed by atoms with van der Waals surface area (Å²) in [7, 11) is 1.77. The van der Waals surface area contributed by atoms with Gasteiger partial charge in [0.2, 0.25) is 5.88 Å². The molecule has 0 saturated heterocycles. The summed E-state index contributed by atoms with van der Waals surface area (Å²) in [5.41, 5.74) is 1.51. The molecular weight excluding hydrogens is 499 g/mol. The fraction of sp³-hybridized carbons (Fsp3) is 0.160. The van der Waals surface area contributed by atoms with Crippen LogP contribution in [0.5, 0.6) is 11.6 Å².